The number of halogens is 1. The second-order valence-corrected chi connectivity index (χ2v) is 8.22. The minimum absolute atomic E-state index is 0.0621. The van der Waals surface area contributed by atoms with Crippen LogP contribution in [-0.4, -0.2) is 33.4 Å². The lowest BCUT2D eigenvalue weighted by molar-refractivity contribution is 0.102. The van der Waals surface area contributed by atoms with Crippen molar-refractivity contribution in [2.75, 3.05) is 12.9 Å². The van der Waals surface area contributed by atoms with Crippen molar-refractivity contribution in [2.24, 2.45) is 0 Å². The Balaban J connectivity index is 1.73. The van der Waals surface area contributed by atoms with Crippen LogP contribution in [0.15, 0.2) is 78.0 Å². The lowest BCUT2D eigenvalue weighted by Crippen LogP contribution is -2.06. The van der Waals surface area contributed by atoms with E-state index in [1.807, 2.05) is 60.0 Å². The van der Waals surface area contributed by atoms with Gasteiger partial charge < -0.3 is 4.74 Å². The van der Waals surface area contributed by atoms with Gasteiger partial charge in [0.1, 0.15) is 5.75 Å². The van der Waals surface area contributed by atoms with Crippen LogP contribution >= 0.6 is 23.4 Å². The molecule has 1 heterocycles. The van der Waals surface area contributed by atoms with Crippen molar-refractivity contribution in [2.45, 2.75) is 12.1 Å². The smallest absolute Gasteiger partial charge is 0.196 e. The Hall–Kier alpha value is -3.09. The topological polar surface area (TPSA) is 57.0 Å². The maximum Gasteiger partial charge on any atom is 0.196 e. The molecule has 0 atom stereocenters. The van der Waals surface area contributed by atoms with Crippen LogP contribution in [0.5, 0.6) is 5.75 Å². The first-order valence-electron chi connectivity index (χ1n) is 9.65. The van der Waals surface area contributed by atoms with Crippen molar-refractivity contribution >= 4 is 29.1 Å². The molecular weight excluding hydrogens is 430 g/mol. The zero-order valence-corrected chi connectivity index (χ0v) is 18.7. The van der Waals surface area contributed by atoms with Gasteiger partial charge in [-0.2, -0.15) is 0 Å². The van der Waals surface area contributed by atoms with E-state index in [2.05, 4.69) is 10.2 Å². The molecule has 5 nitrogen and oxygen atoms in total. The fourth-order valence-corrected chi connectivity index (χ4v) is 4.27. The summed E-state index contributed by atoms with van der Waals surface area (Å²) in [7, 11) is 1.63. The van der Waals surface area contributed by atoms with Crippen LogP contribution in [0.4, 0.5) is 0 Å². The molecule has 0 aliphatic rings. The zero-order chi connectivity index (χ0) is 21.8. The van der Waals surface area contributed by atoms with E-state index >= 15 is 0 Å². The van der Waals surface area contributed by atoms with Gasteiger partial charge in [0, 0.05) is 11.3 Å². The van der Waals surface area contributed by atoms with Gasteiger partial charge in [0.15, 0.2) is 16.8 Å². The van der Waals surface area contributed by atoms with Crippen LogP contribution in [0, 0.1) is 6.92 Å². The first kappa shape index (κ1) is 21.2. The summed E-state index contributed by atoms with van der Waals surface area (Å²) in [6, 6.07) is 22.8. The first-order valence-corrected chi connectivity index (χ1v) is 11.0. The Kier molecular flexibility index (Phi) is 6.39. The number of thioether (sulfide) groups is 1. The van der Waals surface area contributed by atoms with E-state index in [4.69, 9.17) is 16.3 Å². The molecule has 7 heteroatoms. The first-order chi connectivity index (χ1) is 15.1. The normalized spacial score (nSPS) is 10.8. The van der Waals surface area contributed by atoms with Crippen LogP contribution in [-0.2, 0) is 0 Å². The number of methoxy groups -OCH3 is 1. The fourth-order valence-electron chi connectivity index (χ4n) is 3.19. The predicted octanol–water partition coefficient (Wildman–Crippen LogP) is 5.88. The van der Waals surface area contributed by atoms with Crippen LogP contribution in [0.1, 0.15) is 15.9 Å². The fraction of sp³-hybridized carbons (Fsp3) is 0.125. The summed E-state index contributed by atoms with van der Waals surface area (Å²) < 4.78 is 7.48. The molecule has 0 bridgehead atoms. The SMILES string of the molecule is COc1ccccc1-c1nnc(SCC(=O)c2ccccc2Cl)n1-c1ccc(C)cc1. The maximum atomic E-state index is 12.7. The van der Waals surface area contributed by atoms with Crippen LogP contribution < -0.4 is 4.74 Å². The number of carbonyl (C=O) groups excluding carboxylic acids is 1. The summed E-state index contributed by atoms with van der Waals surface area (Å²) in [5.74, 6) is 1.48. The van der Waals surface area contributed by atoms with E-state index in [0.717, 1.165) is 16.8 Å². The largest absolute Gasteiger partial charge is 0.496 e. The number of aromatic nitrogens is 3. The summed E-state index contributed by atoms with van der Waals surface area (Å²) in [4.78, 5) is 12.7. The number of benzene rings is 3. The minimum atomic E-state index is -0.0621. The lowest BCUT2D eigenvalue weighted by Gasteiger charge is -2.12. The number of carbonyl (C=O) groups is 1. The van der Waals surface area contributed by atoms with E-state index < -0.39 is 0 Å². The highest BCUT2D eigenvalue weighted by Crippen LogP contribution is 2.33. The van der Waals surface area contributed by atoms with Gasteiger partial charge in [0.25, 0.3) is 0 Å². The van der Waals surface area contributed by atoms with Gasteiger partial charge in [0.05, 0.1) is 23.4 Å². The highest BCUT2D eigenvalue weighted by Gasteiger charge is 2.20. The molecule has 1 aromatic heterocycles. The predicted molar refractivity (Wildman–Crippen MR) is 125 cm³/mol. The highest BCUT2D eigenvalue weighted by atomic mass is 35.5. The molecular formula is C24H20ClN3O2S. The molecule has 0 saturated heterocycles. The third kappa shape index (κ3) is 4.50. The van der Waals surface area contributed by atoms with Crippen molar-refractivity contribution in [1.29, 1.82) is 0 Å². The van der Waals surface area contributed by atoms with Gasteiger partial charge >= 0.3 is 0 Å². The molecule has 0 unspecified atom stereocenters. The minimum Gasteiger partial charge on any atom is -0.496 e. The van der Waals surface area contributed by atoms with Crippen molar-refractivity contribution in [3.63, 3.8) is 0 Å². The quantitative estimate of drug-likeness (QED) is 0.260. The van der Waals surface area contributed by atoms with Gasteiger partial charge in [-0.15, -0.1) is 10.2 Å². The van der Waals surface area contributed by atoms with Gasteiger partial charge in [-0.05, 0) is 43.3 Å². The van der Waals surface area contributed by atoms with Crippen molar-refractivity contribution in [3.05, 3.63) is 88.9 Å². The van der Waals surface area contributed by atoms with Crippen molar-refractivity contribution < 1.29 is 9.53 Å². The zero-order valence-electron chi connectivity index (χ0n) is 17.1. The molecule has 4 rings (SSSR count). The summed E-state index contributed by atoms with van der Waals surface area (Å²) in [6.45, 7) is 2.04. The number of ether oxygens (including phenoxy) is 1. The Bertz CT molecular complexity index is 1220. The third-order valence-electron chi connectivity index (χ3n) is 4.78. The number of hydrogen-bond acceptors (Lipinski definition) is 5. The van der Waals surface area contributed by atoms with Gasteiger partial charge in [0.2, 0.25) is 0 Å². The van der Waals surface area contributed by atoms with Gasteiger partial charge in [-0.3, -0.25) is 9.36 Å². The van der Waals surface area contributed by atoms with E-state index in [9.17, 15) is 4.79 Å². The average molecular weight is 450 g/mol. The van der Waals surface area contributed by atoms with Crippen LogP contribution in [0.3, 0.4) is 0 Å². The summed E-state index contributed by atoms with van der Waals surface area (Å²) in [5.41, 5.74) is 3.38. The molecule has 0 spiro atoms. The second kappa shape index (κ2) is 9.37. The molecule has 4 aromatic rings. The summed E-state index contributed by atoms with van der Waals surface area (Å²) in [5, 5.41) is 9.89. The van der Waals surface area contributed by atoms with Crippen molar-refractivity contribution in [3.8, 4) is 22.8 Å². The second-order valence-electron chi connectivity index (χ2n) is 6.87. The molecule has 0 radical (unpaired) electrons. The Labute approximate surface area is 190 Å². The van der Waals surface area contributed by atoms with E-state index in [1.54, 1.807) is 31.4 Å². The number of aryl methyl sites for hydroxylation is 1. The molecule has 0 fully saturated rings. The van der Waals surface area contributed by atoms with Crippen molar-refractivity contribution in [1.82, 2.24) is 14.8 Å². The molecule has 0 aliphatic heterocycles. The standard InChI is InChI=1S/C24H20ClN3O2S/c1-16-11-13-17(14-12-16)28-23(19-8-4-6-10-22(19)30-2)26-27-24(28)31-15-21(29)18-7-3-5-9-20(18)25/h3-14H,15H2,1-2H3. The summed E-state index contributed by atoms with van der Waals surface area (Å²) in [6.07, 6.45) is 0. The number of hydrogen-bond donors (Lipinski definition) is 0. The average Bonchev–Trinajstić information content (AvgIpc) is 3.22. The van der Waals surface area contributed by atoms with E-state index in [1.165, 1.54) is 11.8 Å². The van der Waals surface area contributed by atoms with Crippen LogP contribution in [0.25, 0.3) is 17.1 Å². The van der Waals surface area contributed by atoms with Crippen LogP contribution in [0.2, 0.25) is 5.02 Å². The number of nitrogens with zero attached hydrogens (tertiary/aromatic N) is 3. The third-order valence-corrected chi connectivity index (χ3v) is 6.04. The molecule has 0 N–H and O–H groups in total. The molecule has 0 saturated carbocycles. The maximum absolute atomic E-state index is 12.7. The molecule has 0 aliphatic carbocycles. The summed E-state index contributed by atoms with van der Waals surface area (Å²) >= 11 is 7.51. The number of para-hydroxylation sites is 1. The Morgan fingerprint density at radius 1 is 1.00 bits per heavy atom. The number of Topliss-reactive ketones (excluding diaryl/α,β-unsaturated/α-hetero) is 1. The molecule has 156 valence electrons. The lowest BCUT2D eigenvalue weighted by atomic mass is 10.1. The molecule has 31 heavy (non-hydrogen) atoms. The number of rotatable bonds is 7. The Morgan fingerprint density at radius 2 is 1.71 bits per heavy atom. The van der Waals surface area contributed by atoms with E-state index in [0.29, 0.717) is 27.3 Å². The highest BCUT2D eigenvalue weighted by molar-refractivity contribution is 7.99. The van der Waals surface area contributed by atoms with Gasteiger partial charge in [-0.1, -0.05) is 65.3 Å². The molecule has 0 amide bonds. The number of ketones is 1. The Morgan fingerprint density at radius 3 is 2.45 bits per heavy atom. The monoisotopic (exact) mass is 449 g/mol. The van der Waals surface area contributed by atoms with Gasteiger partial charge in [-0.25, -0.2) is 0 Å². The molecule has 3 aromatic carbocycles. The van der Waals surface area contributed by atoms with E-state index in [-0.39, 0.29) is 11.5 Å².